The number of halogens is 4. The van der Waals surface area contributed by atoms with Gasteiger partial charge in [-0.25, -0.2) is 14.4 Å². The Morgan fingerprint density at radius 1 is 1.23 bits per heavy atom. The Kier molecular flexibility index (Phi) is 5.26. The third-order valence-electron chi connectivity index (χ3n) is 4.17. The summed E-state index contributed by atoms with van der Waals surface area (Å²) < 4.78 is 50.8. The minimum Gasteiger partial charge on any atom is -0.304 e. The lowest BCUT2D eigenvalue weighted by Gasteiger charge is -2.09. The summed E-state index contributed by atoms with van der Waals surface area (Å²) in [7, 11) is 0. The van der Waals surface area contributed by atoms with Crippen molar-refractivity contribution in [2.75, 3.05) is 6.54 Å². The number of hydrogen-bond donors (Lipinski definition) is 1. The van der Waals surface area contributed by atoms with Crippen LogP contribution in [0.5, 0.6) is 0 Å². The fourth-order valence-electron chi connectivity index (χ4n) is 2.77. The van der Waals surface area contributed by atoms with E-state index >= 15 is 0 Å². The zero-order valence-corrected chi connectivity index (χ0v) is 13.6. The van der Waals surface area contributed by atoms with Gasteiger partial charge in [-0.3, -0.25) is 9.78 Å². The van der Waals surface area contributed by atoms with Crippen molar-refractivity contribution in [3.63, 3.8) is 0 Å². The molecule has 3 rings (SSSR count). The lowest BCUT2D eigenvalue weighted by atomic mass is 10.0. The number of Topliss-reactive ketones (excluding diaryl/α,β-unsaturated/α-hetero) is 1. The van der Waals surface area contributed by atoms with Crippen molar-refractivity contribution < 1.29 is 22.4 Å². The Bertz CT molecular complexity index is 779. The standard InChI is InChI=1S/C17H16F4N4O/c18-11-5-14(22-8-11)15(26)3-2-12-6-13(25-9-24-12)10-1-4-16(23-7-10)17(19,20)21/h1,4,6-7,9,11,14,22H,2-3,5,8H2/t11-,14+/m1/s1. The largest absolute Gasteiger partial charge is 0.433 e. The van der Waals surface area contributed by atoms with Gasteiger partial charge in [-0.1, -0.05) is 0 Å². The molecule has 0 bridgehead atoms. The maximum absolute atomic E-state index is 13.1. The second-order valence-corrected chi connectivity index (χ2v) is 6.08. The number of pyridine rings is 1. The van der Waals surface area contributed by atoms with Crippen LogP contribution in [0, 0.1) is 0 Å². The van der Waals surface area contributed by atoms with E-state index in [4.69, 9.17) is 0 Å². The third kappa shape index (κ3) is 4.40. The maximum atomic E-state index is 13.1. The number of aryl methyl sites for hydroxylation is 1. The monoisotopic (exact) mass is 368 g/mol. The van der Waals surface area contributed by atoms with Gasteiger partial charge in [-0.05, 0) is 24.6 Å². The summed E-state index contributed by atoms with van der Waals surface area (Å²) in [5.74, 6) is -0.0819. The van der Waals surface area contributed by atoms with Gasteiger partial charge < -0.3 is 5.32 Å². The number of aromatic nitrogens is 3. The molecule has 26 heavy (non-hydrogen) atoms. The molecule has 1 aliphatic rings. The predicted molar refractivity (Wildman–Crippen MR) is 84.9 cm³/mol. The van der Waals surface area contributed by atoms with E-state index in [1.165, 1.54) is 12.4 Å². The van der Waals surface area contributed by atoms with Crippen molar-refractivity contribution in [3.8, 4) is 11.3 Å². The fraction of sp³-hybridized carbons (Fsp3) is 0.412. The molecule has 1 N–H and O–H groups in total. The highest BCUT2D eigenvalue weighted by molar-refractivity contribution is 5.84. The SMILES string of the molecule is O=C(CCc1cc(-c2ccc(C(F)(F)F)nc2)ncn1)[C@@H]1C[C@@H](F)CN1. The zero-order valence-electron chi connectivity index (χ0n) is 13.6. The first-order valence-corrected chi connectivity index (χ1v) is 8.07. The smallest absolute Gasteiger partial charge is 0.304 e. The van der Waals surface area contributed by atoms with Crippen molar-refractivity contribution in [2.24, 2.45) is 0 Å². The Labute approximate surface area is 146 Å². The first-order chi connectivity index (χ1) is 12.3. The lowest BCUT2D eigenvalue weighted by molar-refractivity contribution is -0.141. The van der Waals surface area contributed by atoms with Gasteiger partial charge >= 0.3 is 6.18 Å². The lowest BCUT2D eigenvalue weighted by Crippen LogP contribution is -2.30. The molecule has 138 valence electrons. The molecule has 0 spiro atoms. The average Bonchev–Trinajstić information content (AvgIpc) is 3.06. The van der Waals surface area contributed by atoms with Crippen LogP contribution in [-0.4, -0.2) is 39.5 Å². The summed E-state index contributed by atoms with van der Waals surface area (Å²) in [6.07, 6.45) is -2.37. The highest BCUT2D eigenvalue weighted by Crippen LogP contribution is 2.28. The fourth-order valence-corrected chi connectivity index (χ4v) is 2.77. The van der Waals surface area contributed by atoms with E-state index in [9.17, 15) is 22.4 Å². The van der Waals surface area contributed by atoms with Gasteiger partial charge in [0, 0.05) is 36.8 Å². The molecule has 1 fully saturated rings. The molecular formula is C17H16F4N4O. The van der Waals surface area contributed by atoms with Gasteiger partial charge in [0.25, 0.3) is 0 Å². The number of carbonyl (C=O) groups excluding carboxylic acids is 1. The van der Waals surface area contributed by atoms with Gasteiger partial charge in [0.1, 0.15) is 24.0 Å². The molecule has 9 heteroatoms. The molecule has 2 atom stereocenters. The number of ketones is 1. The van der Waals surface area contributed by atoms with Crippen LogP contribution in [0.1, 0.15) is 24.2 Å². The van der Waals surface area contributed by atoms with Crippen molar-refractivity contribution in [1.82, 2.24) is 20.3 Å². The molecule has 1 aliphatic heterocycles. The van der Waals surface area contributed by atoms with Crippen LogP contribution < -0.4 is 5.32 Å². The maximum Gasteiger partial charge on any atom is 0.433 e. The third-order valence-corrected chi connectivity index (χ3v) is 4.17. The molecule has 3 heterocycles. The average molecular weight is 368 g/mol. The molecule has 2 aromatic rings. The van der Waals surface area contributed by atoms with Crippen LogP contribution in [0.2, 0.25) is 0 Å². The Morgan fingerprint density at radius 3 is 2.65 bits per heavy atom. The van der Waals surface area contributed by atoms with E-state index in [0.29, 0.717) is 23.4 Å². The van der Waals surface area contributed by atoms with Gasteiger partial charge in [0.2, 0.25) is 0 Å². The number of hydrogen-bond acceptors (Lipinski definition) is 5. The number of nitrogens with one attached hydrogen (secondary N) is 1. The summed E-state index contributed by atoms with van der Waals surface area (Å²) in [5, 5.41) is 2.84. The second-order valence-electron chi connectivity index (χ2n) is 6.08. The number of nitrogens with zero attached hydrogens (tertiary/aromatic N) is 3. The van der Waals surface area contributed by atoms with E-state index in [1.807, 2.05) is 0 Å². The first kappa shape index (κ1) is 18.4. The van der Waals surface area contributed by atoms with Crippen LogP contribution in [0.4, 0.5) is 17.6 Å². The summed E-state index contributed by atoms with van der Waals surface area (Å²) >= 11 is 0. The zero-order chi connectivity index (χ0) is 18.7. The minimum absolute atomic E-state index is 0.0819. The molecule has 0 amide bonds. The molecular weight excluding hydrogens is 352 g/mol. The van der Waals surface area contributed by atoms with Crippen molar-refractivity contribution in [1.29, 1.82) is 0 Å². The summed E-state index contributed by atoms with van der Waals surface area (Å²) in [5.41, 5.74) is 0.451. The number of alkyl halides is 4. The topological polar surface area (TPSA) is 67.8 Å². The van der Waals surface area contributed by atoms with Crippen LogP contribution >= 0.6 is 0 Å². The number of rotatable bonds is 5. The Hall–Kier alpha value is -2.42. The van der Waals surface area contributed by atoms with E-state index in [-0.39, 0.29) is 25.2 Å². The summed E-state index contributed by atoms with van der Waals surface area (Å²) in [4.78, 5) is 23.6. The quantitative estimate of drug-likeness (QED) is 0.822. The second kappa shape index (κ2) is 7.45. The van der Waals surface area contributed by atoms with Crippen LogP contribution in [-0.2, 0) is 17.4 Å². The van der Waals surface area contributed by atoms with E-state index in [0.717, 1.165) is 12.3 Å². The van der Waals surface area contributed by atoms with Crippen molar-refractivity contribution in [3.05, 3.63) is 42.1 Å². The molecule has 0 aliphatic carbocycles. The minimum atomic E-state index is -4.50. The van der Waals surface area contributed by atoms with Crippen LogP contribution in [0.25, 0.3) is 11.3 Å². The van der Waals surface area contributed by atoms with Crippen molar-refractivity contribution in [2.45, 2.75) is 37.7 Å². The van der Waals surface area contributed by atoms with Gasteiger partial charge in [-0.15, -0.1) is 0 Å². The van der Waals surface area contributed by atoms with Crippen LogP contribution in [0.15, 0.2) is 30.7 Å². The Balaban J connectivity index is 1.65. The number of carbonyl (C=O) groups is 1. The van der Waals surface area contributed by atoms with Crippen molar-refractivity contribution >= 4 is 5.78 Å². The molecule has 0 aromatic carbocycles. The predicted octanol–water partition coefficient (Wildman–Crippen LogP) is 2.76. The van der Waals surface area contributed by atoms with E-state index < -0.39 is 24.1 Å². The van der Waals surface area contributed by atoms with Gasteiger partial charge in [0.15, 0.2) is 0 Å². The molecule has 1 saturated heterocycles. The normalized spacial score (nSPS) is 20.3. The molecule has 0 radical (unpaired) electrons. The first-order valence-electron chi connectivity index (χ1n) is 8.07. The highest BCUT2D eigenvalue weighted by Gasteiger charge is 2.32. The molecule has 2 aromatic heterocycles. The van der Waals surface area contributed by atoms with Gasteiger partial charge in [0.05, 0.1) is 11.7 Å². The van der Waals surface area contributed by atoms with Crippen LogP contribution in [0.3, 0.4) is 0 Å². The van der Waals surface area contributed by atoms with E-state index in [2.05, 4.69) is 20.3 Å². The highest BCUT2D eigenvalue weighted by atomic mass is 19.4. The molecule has 0 unspecified atom stereocenters. The molecule has 5 nitrogen and oxygen atoms in total. The summed E-state index contributed by atoms with van der Waals surface area (Å²) in [6.45, 7) is 0.189. The van der Waals surface area contributed by atoms with Gasteiger partial charge in [-0.2, -0.15) is 13.2 Å². The van der Waals surface area contributed by atoms with E-state index in [1.54, 1.807) is 6.07 Å². The Morgan fingerprint density at radius 2 is 2.04 bits per heavy atom. The molecule has 0 saturated carbocycles. The summed E-state index contributed by atoms with van der Waals surface area (Å²) in [6, 6.07) is 3.32.